The second-order valence-corrected chi connectivity index (χ2v) is 4.67. The molecule has 0 heterocycles. The van der Waals surface area contributed by atoms with E-state index in [1.54, 1.807) is 24.3 Å². The molecule has 1 N–H and O–H groups in total. The molecule has 0 fully saturated rings. The minimum atomic E-state index is -0.523. The van der Waals surface area contributed by atoms with Gasteiger partial charge in [-0.25, -0.2) is 4.39 Å². The zero-order chi connectivity index (χ0) is 13.8. The van der Waals surface area contributed by atoms with Gasteiger partial charge in [0.15, 0.2) is 11.6 Å². The van der Waals surface area contributed by atoms with Crippen LogP contribution < -0.4 is 4.74 Å². The van der Waals surface area contributed by atoms with Gasteiger partial charge in [0, 0.05) is 11.1 Å². The van der Waals surface area contributed by atoms with Crippen LogP contribution in [0, 0.1) is 5.82 Å². The Kier molecular flexibility index (Phi) is 4.64. The number of hydrogen-bond acceptors (Lipinski definition) is 2. The van der Waals surface area contributed by atoms with Crippen LogP contribution in [-0.4, -0.2) is 5.11 Å². The Hall–Kier alpha value is -1.29. The summed E-state index contributed by atoms with van der Waals surface area (Å²) in [5.41, 5.74) is 1.04. The van der Waals surface area contributed by atoms with E-state index in [1.165, 1.54) is 12.1 Å². The Labute approximate surface area is 120 Å². The van der Waals surface area contributed by atoms with Gasteiger partial charge in [0.2, 0.25) is 0 Å². The van der Waals surface area contributed by atoms with Gasteiger partial charge in [-0.3, -0.25) is 0 Å². The SMILES string of the molecule is OCc1cccc(F)c1OCc1cccc(Cl)c1Cl. The van der Waals surface area contributed by atoms with Crippen molar-refractivity contribution >= 4 is 23.2 Å². The standard InChI is InChI=1S/C14H11Cl2FO2/c15-11-5-1-4-10(13(11)16)8-19-14-9(7-18)3-2-6-12(14)17/h1-6,18H,7-8H2. The van der Waals surface area contributed by atoms with E-state index >= 15 is 0 Å². The van der Waals surface area contributed by atoms with Crippen LogP contribution in [-0.2, 0) is 13.2 Å². The molecule has 0 saturated carbocycles. The number of ether oxygens (including phenoxy) is 1. The van der Waals surface area contributed by atoms with Gasteiger partial charge in [-0.1, -0.05) is 47.5 Å². The van der Waals surface area contributed by atoms with Gasteiger partial charge in [-0.05, 0) is 12.1 Å². The molecule has 0 unspecified atom stereocenters. The van der Waals surface area contributed by atoms with Crippen LogP contribution in [0.3, 0.4) is 0 Å². The molecular weight excluding hydrogens is 290 g/mol. The van der Waals surface area contributed by atoms with E-state index in [2.05, 4.69) is 0 Å². The molecule has 2 rings (SSSR count). The molecule has 0 saturated heterocycles. The van der Waals surface area contributed by atoms with Crippen molar-refractivity contribution in [2.24, 2.45) is 0 Å². The highest BCUT2D eigenvalue weighted by atomic mass is 35.5. The number of aliphatic hydroxyl groups is 1. The summed E-state index contributed by atoms with van der Waals surface area (Å²) in [6, 6.07) is 9.52. The molecule has 5 heteroatoms. The van der Waals surface area contributed by atoms with Crippen LogP contribution in [0.2, 0.25) is 10.0 Å². The molecule has 100 valence electrons. The summed E-state index contributed by atoms with van der Waals surface area (Å²) >= 11 is 11.9. The summed E-state index contributed by atoms with van der Waals surface area (Å²) in [5.74, 6) is -0.495. The topological polar surface area (TPSA) is 29.5 Å². The highest BCUT2D eigenvalue weighted by Crippen LogP contribution is 2.28. The van der Waals surface area contributed by atoms with E-state index in [0.29, 0.717) is 21.2 Å². The third-order valence-electron chi connectivity index (χ3n) is 2.62. The predicted molar refractivity (Wildman–Crippen MR) is 73.1 cm³/mol. The van der Waals surface area contributed by atoms with Crippen LogP contribution in [0.25, 0.3) is 0 Å². The number of halogens is 3. The second kappa shape index (κ2) is 6.24. The minimum absolute atomic E-state index is 0.0287. The molecule has 0 aliphatic rings. The molecular formula is C14H11Cl2FO2. The monoisotopic (exact) mass is 300 g/mol. The number of benzene rings is 2. The zero-order valence-corrected chi connectivity index (χ0v) is 11.4. The summed E-state index contributed by atoms with van der Waals surface area (Å²) in [5, 5.41) is 9.94. The van der Waals surface area contributed by atoms with Crippen LogP contribution in [0.5, 0.6) is 5.75 Å². The Morgan fingerprint density at radius 2 is 1.74 bits per heavy atom. The van der Waals surface area contributed by atoms with E-state index in [-0.39, 0.29) is 19.0 Å². The average molecular weight is 301 g/mol. The number of hydrogen-bond donors (Lipinski definition) is 1. The molecule has 0 amide bonds. The quantitative estimate of drug-likeness (QED) is 0.917. The van der Waals surface area contributed by atoms with Gasteiger partial charge in [-0.15, -0.1) is 0 Å². The second-order valence-electron chi connectivity index (χ2n) is 3.89. The zero-order valence-electron chi connectivity index (χ0n) is 9.87. The van der Waals surface area contributed by atoms with Gasteiger partial charge in [0.1, 0.15) is 6.61 Å². The fraction of sp³-hybridized carbons (Fsp3) is 0.143. The fourth-order valence-electron chi connectivity index (χ4n) is 1.65. The molecule has 2 aromatic rings. The van der Waals surface area contributed by atoms with Crippen molar-refractivity contribution in [3.05, 3.63) is 63.4 Å². The van der Waals surface area contributed by atoms with Crippen LogP contribution in [0.4, 0.5) is 4.39 Å². The summed E-state index contributed by atoms with van der Waals surface area (Å²) in [6.07, 6.45) is 0. The largest absolute Gasteiger partial charge is 0.485 e. The summed E-state index contributed by atoms with van der Waals surface area (Å²) in [6.45, 7) is -0.219. The predicted octanol–water partition coefficient (Wildman–Crippen LogP) is 4.20. The highest BCUT2D eigenvalue weighted by molar-refractivity contribution is 6.42. The van der Waals surface area contributed by atoms with Crippen molar-refractivity contribution in [1.82, 2.24) is 0 Å². The van der Waals surface area contributed by atoms with E-state index in [1.807, 2.05) is 0 Å². The first-order valence-corrected chi connectivity index (χ1v) is 6.33. The van der Waals surface area contributed by atoms with E-state index in [9.17, 15) is 4.39 Å². The normalized spacial score (nSPS) is 10.5. The van der Waals surface area contributed by atoms with Crippen molar-refractivity contribution in [1.29, 1.82) is 0 Å². The first kappa shape index (κ1) is 14.1. The lowest BCUT2D eigenvalue weighted by atomic mass is 10.2. The maximum Gasteiger partial charge on any atom is 0.165 e. The van der Waals surface area contributed by atoms with Gasteiger partial charge in [0.25, 0.3) is 0 Å². The average Bonchev–Trinajstić information content (AvgIpc) is 2.41. The summed E-state index contributed by atoms with van der Waals surface area (Å²) in [7, 11) is 0. The summed E-state index contributed by atoms with van der Waals surface area (Å²) in [4.78, 5) is 0. The van der Waals surface area contributed by atoms with Gasteiger partial charge < -0.3 is 9.84 Å². The van der Waals surface area contributed by atoms with Crippen molar-refractivity contribution in [2.45, 2.75) is 13.2 Å². The summed E-state index contributed by atoms with van der Waals surface area (Å²) < 4.78 is 19.0. The van der Waals surface area contributed by atoms with Crippen LogP contribution in [0.15, 0.2) is 36.4 Å². The lowest BCUT2D eigenvalue weighted by Crippen LogP contribution is -2.01. The third-order valence-corrected chi connectivity index (χ3v) is 3.48. The number of para-hydroxylation sites is 1. The molecule has 2 aromatic carbocycles. The fourth-order valence-corrected chi connectivity index (χ4v) is 2.02. The molecule has 0 radical (unpaired) electrons. The van der Waals surface area contributed by atoms with Gasteiger partial charge >= 0.3 is 0 Å². The van der Waals surface area contributed by atoms with Crippen molar-refractivity contribution in [3.8, 4) is 5.75 Å². The number of rotatable bonds is 4. The first-order valence-electron chi connectivity index (χ1n) is 5.57. The van der Waals surface area contributed by atoms with E-state index in [0.717, 1.165) is 0 Å². The lowest BCUT2D eigenvalue weighted by Gasteiger charge is -2.12. The molecule has 0 bridgehead atoms. The molecule has 0 atom stereocenters. The van der Waals surface area contributed by atoms with E-state index < -0.39 is 5.82 Å². The smallest absolute Gasteiger partial charge is 0.165 e. The number of aliphatic hydroxyl groups excluding tert-OH is 1. The molecule has 0 aliphatic heterocycles. The van der Waals surface area contributed by atoms with Gasteiger partial charge in [0.05, 0.1) is 16.7 Å². The van der Waals surface area contributed by atoms with Crippen molar-refractivity contribution in [3.63, 3.8) is 0 Å². The van der Waals surface area contributed by atoms with Crippen LogP contribution >= 0.6 is 23.2 Å². The lowest BCUT2D eigenvalue weighted by molar-refractivity contribution is 0.251. The first-order chi connectivity index (χ1) is 9.13. The maximum atomic E-state index is 13.6. The molecule has 0 spiro atoms. The van der Waals surface area contributed by atoms with Gasteiger partial charge in [-0.2, -0.15) is 0 Å². The maximum absolute atomic E-state index is 13.6. The Balaban J connectivity index is 2.21. The molecule has 0 aromatic heterocycles. The molecule has 2 nitrogen and oxygen atoms in total. The third kappa shape index (κ3) is 3.18. The Morgan fingerprint density at radius 1 is 1.05 bits per heavy atom. The van der Waals surface area contributed by atoms with Crippen molar-refractivity contribution < 1.29 is 14.2 Å². The van der Waals surface area contributed by atoms with Crippen LogP contribution in [0.1, 0.15) is 11.1 Å². The Morgan fingerprint density at radius 3 is 2.47 bits per heavy atom. The minimum Gasteiger partial charge on any atom is -0.485 e. The highest BCUT2D eigenvalue weighted by Gasteiger charge is 2.11. The van der Waals surface area contributed by atoms with Crippen molar-refractivity contribution in [2.75, 3.05) is 0 Å². The Bertz CT molecular complexity index is 588. The van der Waals surface area contributed by atoms with E-state index in [4.69, 9.17) is 33.0 Å². The molecule has 0 aliphatic carbocycles. The molecule has 19 heavy (non-hydrogen) atoms.